The van der Waals surface area contributed by atoms with Crippen LogP contribution in [0.15, 0.2) is 29.3 Å². The number of fused-ring (bicyclic) bond motifs is 1. The fourth-order valence-corrected chi connectivity index (χ4v) is 7.36. The number of benzene rings is 1. The van der Waals surface area contributed by atoms with Gasteiger partial charge in [-0.15, -0.1) is 0 Å². The first-order valence-electron chi connectivity index (χ1n) is 9.79. The Bertz CT molecular complexity index is 852. The number of carbonyl (C=O) groups is 1. The Balaban J connectivity index is 1.90. The van der Waals surface area contributed by atoms with Crippen LogP contribution in [0.4, 0.5) is 5.69 Å². The molecule has 0 bridgehead atoms. The third-order valence-corrected chi connectivity index (χ3v) is 7.94. The Kier molecular flexibility index (Phi) is 6.70. The second-order valence-corrected chi connectivity index (χ2v) is 11.1. The van der Waals surface area contributed by atoms with Gasteiger partial charge in [0.25, 0.3) is 0 Å². The van der Waals surface area contributed by atoms with Crippen molar-refractivity contribution in [3.63, 3.8) is 0 Å². The van der Waals surface area contributed by atoms with E-state index in [0.29, 0.717) is 18.2 Å². The zero-order chi connectivity index (χ0) is 20.3. The van der Waals surface area contributed by atoms with Crippen LogP contribution >= 0.6 is 11.8 Å². The van der Waals surface area contributed by atoms with Crippen molar-refractivity contribution in [3.05, 3.63) is 24.3 Å². The molecule has 1 aromatic rings. The van der Waals surface area contributed by atoms with Gasteiger partial charge < -0.3 is 9.64 Å². The summed E-state index contributed by atoms with van der Waals surface area (Å²) in [5, 5.41) is 0.501. The second kappa shape index (κ2) is 8.86. The zero-order valence-electron chi connectivity index (χ0n) is 16.6. The lowest BCUT2D eigenvalue weighted by Gasteiger charge is -2.25. The van der Waals surface area contributed by atoms with E-state index in [1.54, 1.807) is 0 Å². The van der Waals surface area contributed by atoms with Crippen LogP contribution in [0.2, 0.25) is 0 Å². The van der Waals surface area contributed by atoms with E-state index in [1.165, 1.54) is 11.8 Å². The van der Waals surface area contributed by atoms with Crippen LogP contribution in [0.25, 0.3) is 0 Å². The van der Waals surface area contributed by atoms with Gasteiger partial charge in [-0.2, -0.15) is 4.99 Å². The van der Waals surface area contributed by atoms with Gasteiger partial charge in [0.1, 0.15) is 5.75 Å². The molecule has 0 spiro atoms. The van der Waals surface area contributed by atoms with Crippen LogP contribution in [0, 0.1) is 5.92 Å². The van der Waals surface area contributed by atoms with Gasteiger partial charge in [0, 0.05) is 23.4 Å². The molecular weight excluding hydrogens is 396 g/mol. The Morgan fingerprint density at radius 3 is 2.86 bits per heavy atom. The Labute approximate surface area is 171 Å². The topological polar surface area (TPSA) is 76.0 Å². The molecule has 0 aromatic heterocycles. The molecule has 28 heavy (non-hydrogen) atoms. The number of hydrogen-bond donors (Lipinski definition) is 0. The zero-order valence-corrected chi connectivity index (χ0v) is 18.3. The van der Waals surface area contributed by atoms with Crippen molar-refractivity contribution in [2.75, 3.05) is 23.0 Å². The van der Waals surface area contributed by atoms with Crippen LogP contribution in [-0.2, 0) is 14.6 Å². The number of carbonyl (C=O) groups excluding carboxylic acids is 1. The third kappa shape index (κ3) is 5.08. The van der Waals surface area contributed by atoms with Gasteiger partial charge in [0.05, 0.1) is 24.2 Å². The van der Waals surface area contributed by atoms with Crippen LogP contribution in [0.5, 0.6) is 5.75 Å². The summed E-state index contributed by atoms with van der Waals surface area (Å²) in [6.07, 6.45) is 2.41. The SMILES string of the molecule is CCCCOc1cccc(N2C(=NC(=O)CC(C)C)S[C@H]3CS(=O)(=O)C[C@@H]32)c1. The highest BCUT2D eigenvalue weighted by Gasteiger charge is 2.49. The van der Waals surface area contributed by atoms with Crippen LogP contribution in [-0.4, -0.2) is 48.9 Å². The molecule has 2 aliphatic rings. The number of nitrogens with zero attached hydrogens (tertiary/aromatic N) is 2. The summed E-state index contributed by atoms with van der Waals surface area (Å²) in [5.74, 6) is 1.02. The van der Waals surface area contributed by atoms with E-state index in [4.69, 9.17) is 4.74 Å². The summed E-state index contributed by atoms with van der Waals surface area (Å²) in [6, 6.07) is 7.42. The normalized spacial score (nSPS) is 24.7. The highest BCUT2D eigenvalue weighted by Crippen LogP contribution is 2.41. The maximum atomic E-state index is 12.3. The summed E-state index contributed by atoms with van der Waals surface area (Å²) in [6.45, 7) is 6.72. The summed E-state index contributed by atoms with van der Waals surface area (Å²) in [4.78, 5) is 18.6. The number of ether oxygens (including phenoxy) is 1. The molecule has 0 radical (unpaired) electrons. The minimum absolute atomic E-state index is 0.0863. The lowest BCUT2D eigenvalue weighted by Crippen LogP contribution is -2.37. The van der Waals surface area contributed by atoms with Crippen LogP contribution < -0.4 is 9.64 Å². The highest BCUT2D eigenvalue weighted by molar-refractivity contribution is 8.16. The first kappa shape index (κ1) is 21.2. The lowest BCUT2D eigenvalue weighted by molar-refractivity contribution is -0.118. The largest absolute Gasteiger partial charge is 0.494 e. The standard InChI is InChI=1S/C20H28N2O4S2/c1-4-5-9-26-16-8-6-7-15(11-16)22-17-12-28(24,25)13-18(17)27-20(22)21-19(23)10-14(2)3/h6-8,11,14,17-18H,4-5,9-10,12-13H2,1-3H3/t17-,18-/m0/s1. The number of thioether (sulfide) groups is 1. The van der Waals surface area contributed by atoms with Crippen LogP contribution in [0.3, 0.4) is 0 Å². The molecule has 8 heteroatoms. The van der Waals surface area contributed by atoms with E-state index < -0.39 is 9.84 Å². The lowest BCUT2D eigenvalue weighted by atomic mass is 10.1. The minimum atomic E-state index is -3.08. The molecule has 2 aliphatic heterocycles. The number of aliphatic imine (C=N–C) groups is 1. The first-order chi connectivity index (χ1) is 13.3. The molecule has 2 fully saturated rings. The van der Waals surface area contributed by atoms with E-state index in [2.05, 4.69) is 11.9 Å². The van der Waals surface area contributed by atoms with Gasteiger partial charge in [0.2, 0.25) is 5.91 Å². The average Bonchev–Trinajstić information content (AvgIpc) is 3.05. The molecule has 2 saturated heterocycles. The molecule has 154 valence electrons. The fraction of sp³-hybridized carbons (Fsp3) is 0.600. The van der Waals surface area contributed by atoms with Crippen molar-refractivity contribution in [1.29, 1.82) is 0 Å². The quantitative estimate of drug-likeness (QED) is 0.624. The molecule has 2 atom stereocenters. The Morgan fingerprint density at radius 2 is 2.14 bits per heavy atom. The molecule has 3 rings (SSSR count). The van der Waals surface area contributed by atoms with Gasteiger partial charge >= 0.3 is 0 Å². The van der Waals surface area contributed by atoms with Crippen molar-refractivity contribution in [2.45, 2.75) is 51.3 Å². The van der Waals surface area contributed by atoms with E-state index in [0.717, 1.165) is 24.3 Å². The summed E-state index contributed by atoms with van der Waals surface area (Å²) in [5.41, 5.74) is 0.821. The predicted octanol–water partition coefficient (Wildman–Crippen LogP) is 3.51. The molecule has 0 unspecified atom stereocenters. The van der Waals surface area contributed by atoms with Crippen molar-refractivity contribution < 1.29 is 17.9 Å². The van der Waals surface area contributed by atoms with Crippen molar-refractivity contribution >= 4 is 38.4 Å². The minimum Gasteiger partial charge on any atom is -0.494 e. The summed E-state index contributed by atoms with van der Waals surface area (Å²) >= 11 is 1.40. The molecule has 0 saturated carbocycles. The van der Waals surface area contributed by atoms with E-state index in [1.807, 2.05) is 43.0 Å². The Morgan fingerprint density at radius 1 is 1.36 bits per heavy atom. The van der Waals surface area contributed by atoms with Gasteiger partial charge in [0.15, 0.2) is 15.0 Å². The smallest absolute Gasteiger partial charge is 0.248 e. The molecule has 1 aromatic carbocycles. The Hall–Kier alpha value is -1.54. The first-order valence-corrected chi connectivity index (χ1v) is 12.5. The van der Waals surface area contributed by atoms with Crippen LogP contribution in [0.1, 0.15) is 40.0 Å². The molecule has 6 nitrogen and oxygen atoms in total. The number of amidine groups is 1. The number of unbranched alkanes of at least 4 members (excludes halogenated alkanes) is 1. The average molecular weight is 425 g/mol. The van der Waals surface area contributed by atoms with Gasteiger partial charge in [-0.1, -0.05) is 45.0 Å². The van der Waals surface area contributed by atoms with Crippen molar-refractivity contribution in [2.24, 2.45) is 10.9 Å². The van der Waals surface area contributed by atoms with Gasteiger partial charge in [-0.05, 0) is 24.5 Å². The van der Waals surface area contributed by atoms with Crippen molar-refractivity contribution in [3.8, 4) is 5.75 Å². The number of amides is 1. The number of sulfone groups is 1. The predicted molar refractivity (Wildman–Crippen MR) is 115 cm³/mol. The number of anilines is 1. The highest BCUT2D eigenvalue weighted by atomic mass is 32.2. The molecule has 0 N–H and O–H groups in total. The van der Waals surface area contributed by atoms with E-state index in [9.17, 15) is 13.2 Å². The molecule has 1 amide bonds. The van der Waals surface area contributed by atoms with Gasteiger partial charge in [-0.25, -0.2) is 8.42 Å². The number of hydrogen-bond acceptors (Lipinski definition) is 5. The second-order valence-electron chi connectivity index (χ2n) is 7.76. The maximum absolute atomic E-state index is 12.3. The van der Waals surface area contributed by atoms with Gasteiger partial charge in [-0.3, -0.25) is 4.79 Å². The fourth-order valence-electron chi connectivity index (χ4n) is 3.43. The number of rotatable bonds is 7. The molecule has 0 aliphatic carbocycles. The summed E-state index contributed by atoms with van der Waals surface area (Å²) < 4.78 is 30.1. The molecule has 2 heterocycles. The third-order valence-electron chi connectivity index (χ3n) is 4.73. The maximum Gasteiger partial charge on any atom is 0.248 e. The van der Waals surface area contributed by atoms with Crippen molar-refractivity contribution in [1.82, 2.24) is 0 Å². The molecular formula is C20H28N2O4S2. The van der Waals surface area contributed by atoms with E-state index >= 15 is 0 Å². The van der Waals surface area contributed by atoms with E-state index in [-0.39, 0.29) is 34.6 Å². The monoisotopic (exact) mass is 424 g/mol. The summed E-state index contributed by atoms with van der Waals surface area (Å²) in [7, 11) is -3.08.